The fourth-order valence-corrected chi connectivity index (χ4v) is 4.53. The highest BCUT2D eigenvalue weighted by molar-refractivity contribution is 9.09. The standard InChI is InChI=1S/C16H13Br2Cl2F/c17-9-16(10-18,12-1-3-13(19)4-2-12)8-11-7-14(20)5-6-15(11)21/h1-7H,8-10H2. The molecule has 0 heterocycles. The van der Waals surface area contributed by atoms with E-state index in [-0.39, 0.29) is 11.2 Å². The molecule has 0 bridgehead atoms. The molecule has 0 nitrogen and oxygen atoms in total. The Morgan fingerprint density at radius 1 is 0.905 bits per heavy atom. The molecule has 0 saturated carbocycles. The Morgan fingerprint density at radius 3 is 2.05 bits per heavy atom. The molecule has 0 spiro atoms. The van der Waals surface area contributed by atoms with E-state index in [1.807, 2.05) is 24.3 Å². The van der Waals surface area contributed by atoms with Gasteiger partial charge in [-0.2, -0.15) is 0 Å². The summed E-state index contributed by atoms with van der Waals surface area (Å²) in [6.07, 6.45) is 0.539. The van der Waals surface area contributed by atoms with Gasteiger partial charge in [-0.15, -0.1) is 0 Å². The second kappa shape index (κ2) is 7.45. The minimum absolute atomic E-state index is 0.236. The Morgan fingerprint density at radius 2 is 1.48 bits per heavy atom. The number of benzene rings is 2. The topological polar surface area (TPSA) is 0 Å². The molecule has 0 fully saturated rings. The molecule has 112 valence electrons. The molecule has 2 aromatic rings. The highest BCUT2D eigenvalue weighted by Gasteiger charge is 2.31. The molecule has 0 saturated heterocycles. The van der Waals surface area contributed by atoms with Crippen LogP contribution in [0.3, 0.4) is 0 Å². The van der Waals surface area contributed by atoms with Crippen LogP contribution in [-0.2, 0) is 11.8 Å². The van der Waals surface area contributed by atoms with Crippen molar-refractivity contribution in [1.29, 1.82) is 0 Å². The van der Waals surface area contributed by atoms with E-state index in [1.54, 1.807) is 12.1 Å². The normalized spacial score (nSPS) is 11.7. The molecule has 21 heavy (non-hydrogen) atoms. The third kappa shape index (κ3) is 4.01. The first kappa shape index (κ1) is 17.3. The van der Waals surface area contributed by atoms with E-state index >= 15 is 0 Å². The Hall–Kier alpha value is -0.0900. The van der Waals surface area contributed by atoms with Crippen LogP contribution in [0, 0.1) is 5.82 Å². The van der Waals surface area contributed by atoms with Crippen LogP contribution in [0.15, 0.2) is 42.5 Å². The predicted octanol–water partition coefficient (Wildman–Crippen LogP) is 6.40. The van der Waals surface area contributed by atoms with Gasteiger partial charge in [0.05, 0.1) is 0 Å². The van der Waals surface area contributed by atoms with Crippen LogP contribution in [-0.4, -0.2) is 10.7 Å². The van der Waals surface area contributed by atoms with Crippen LogP contribution in [0.4, 0.5) is 4.39 Å². The zero-order chi connectivity index (χ0) is 15.5. The molecule has 2 aromatic carbocycles. The van der Waals surface area contributed by atoms with E-state index in [0.717, 1.165) is 5.56 Å². The van der Waals surface area contributed by atoms with Crippen LogP contribution in [0.1, 0.15) is 11.1 Å². The summed E-state index contributed by atoms with van der Waals surface area (Å²) in [5, 5.41) is 2.61. The molecular weight excluding hydrogens is 442 g/mol. The van der Waals surface area contributed by atoms with Crippen molar-refractivity contribution < 1.29 is 4.39 Å². The zero-order valence-corrected chi connectivity index (χ0v) is 15.7. The summed E-state index contributed by atoms with van der Waals surface area (Å²) in [5.74, 6) is -0.236. The average molecular weight is 455 g/mol. The first-order chi connectivity index (χ1) is 10.0. The molecule has 0 N–H and O–H groups in total. The maximum atomic E-state index is 14.0. The third-order valence-corrected chi connectivity index (χ3v) is 6.14. The van der Waals surface area contributed by atoms with Crippen molar-refractivity contribution in [2.24, 2.45) is 0 Å². The SMILES string of the molecule is Fc1ccc(Cl)cc1CC(CBr)(CBr)c1ccc(Cl)cc1. The van der Waals surface area contributed by atoms with Gasteiger partial charge in [-0.25, -0.2) is 4.39 Å². The summed E-state index contributed by atoms with van der Waals surface area (Å²) < 4.78 is 14.0. The lowest BCUT2D eigenvalue weighted by molar-refractivity contribution is 0.523. The van der Waals surface area contributed by atoms with Gasteiger partial charge in [0.2, 0.25) is 0 Å². The maximum Gasteiger partial charge on any atom is 0.126 e. The maximum absolute atomic E-state index is 14.0. The summed E-state index contributed by atoms with van der Waals surface area (Å²) in [6, 6.07) is 12.3. The fraction of sp³-hybridized carbons (Fsp3) is 0.250. The van der Waals surface area contributed by atoms with Gasteiger partial charge in [-0.1, -0.05) is 67.2 Å². The monoisotopic (exact) mass is 452 g/mol. The Bertz CT molecular complexity index is 610. The van der Waals surface area contributed by atoms with Crippen molar-refractivity contribution in [3.8, 4) is 0 Å². The minimum atomic E-state index is -0.268. The van der Waals surface area contributed by atoms with Gasteiger partial charge in [0.15, 0.2) is 0 Å². The minimum Gasteiger partial charge on any atom is -0.207 e. The average Bonchev–Trinajstić information content (AvgIpc) is 2.49. The molecular formula is C16H13Br2Cl2F. The highest BCUT2D eigenvalue weighted by atomic mass is 79.9. The lowest BCUT2D eigenvalue weighted by atomic mass is 9.79. The van der Waals surface area contributed by atoms with E-state index in [0.29, 0.717) is 32.7 Å². The van der Waals surface area contributed by atoms with Crippen molar-refractivity contribution in [3.63, 3.8) is 0 Å². The number of alkyl halides is 2. The number of rotatable bonds is 5. The van der Waals surface area contributed by atoms with Crippen LogP contribution >= 0.6 is 55.1 Å². The summed E-state index contributed by atoms with van der Waals surface area (Å²) in [7, 11) is 0. The van der Waals surface area contributed by atoms with Gasteiger partial charge < -0.3 is 0 Å². The molecule has 0 amide bonds. The second-order valence-corrected chi connectivity index (χ2v) is 6.96. The van der Waals surface area contributed by atoms with Crippen LogP contribution < -0.4 is 0 Å². The van der Waals surface area contributed by atoms with Crippen LogP contribution in [0.5, 0.6) is 0 Å². The predicted molar refractivity (Wildman–Crippen MR) is 95.8 cm³/mol. The lowest BCUT2D eigenvalue weighted by Gasteiger charge is -2.31. The lowest BCUT2D eigenvalue weighted by Crippen LogP contribution is -2.33. The van der Waals surface area contributed by atoms with Gasteiger partial charge in [0, 0.05) is 26.1 Å². The molecule has 0 aromatic heterocycles. The largest absolute Gasteiger partial charge is 0.207 e. The van der Waals surface area contributed by atoms with Crippen molar-refractivity contribution in [3.05, 3.63) is 69.5 Å². The molecule has 0 atom stereocenters. The summed E-state index contributed by atoms with van der Waals surface area (Å²) in [6.45, 7) is 0. The van der Waals surface area contributed by atoms with Crippen LogP contribution in [0.2, 0.25) is 10.0 Å². The van der Waals surface area contributed by atoms with Gasteiger partial charge in [-0.05, 0) is 47.9 Å². The van der Waals surface area contributed by atoms with Crippen molar-refractivity contribution in [1.82, 2.24) is 0 Å². The number of halogens is 5. The molecule has 0 aliphatic carbocycles. The van der Waals surface area contributed by atoms with E-state index in [9.17, 15) is 4.39 Å². The summed E-state index contributed by atoms with van der Waals surface area (Å²) >= 11 is 19.1. The van der Waals surface area contributed by atoms with Crippen molar-refractivity contribution in [2.75, 3.05) is 10.7 Å². The van der Waals surface area contributed by atoms with Gasteiger partial charge in [0.25, 0.3) is 0 Å². The Labute approximate surface area is 150 Å². The molecule has 0 aliphatic rings. The van der Waals surface area contributed by atoms with Gasteiger partial charge in [-0.3, -0.25) is 0 Å². The smallest absolute Gasteiger partial charge is 0.126 e. The highest BCUT2D eigenvalue weighted by Crippen LogP contribution is 2.34. The van der Waals surface area contributed by atoms with E-state index < -0.39 is 0 Å². The molecule has 0 unspecified atom stereocenters. The molecule has 0 radical (unpaired) electrons. The zero-order valence-electron chi connectivity index (χ0n) is 11.1. The van der Waals surface area contributed by atoms with Crippen molar-refractivity contribution in [2.45, 2.75) is 11.8 Å². The molecule has 0 aliphatic heterocycles. The fourth-order valence-electron chi connectivity index (χ4n) is 2.23. The van der Waals surface area contributed by atoms with Crippen LogP contribution in [0.25, 0.3) is 0 Å². The quantitative estimate of drug-likeness (QED) is 0.458. The summed E-state index contributed by atoms with van der Waals surface area (Å²) in [4.78, 5) is 0. The Balaban J connectivity index is 2.42. The van der Waals surface area contributed by atoms with Crippen molar-refractivity contribution >= 4 is 55.1 Å². The van der Waals surface area contributed by atoms with E-state index in [4.69, 9.17) is 23.2 Å². The van der Waals surface area contributed by atoms with Gasteiger partial charge >= 0.3 is 0 Å². The van der Waals surface area contributed by atoms with E-state index in [1.165, 1.54) is 6.07 Å². The first-order valence-electron chi connectivity index (χ1n) is 6.33. The van der Waals surface area contributed by atoms with E-state index in [2.05, 4.69) is 31.9 Å². The number of hydrogen-bond acceptors (Lipinski definition) is 0. The molecule has 5 heteroatoms. The van der Waals surface area contributed by atoms with Gasteiger partial charge in [0.1, 0.15) is 5.82 Å². The summed E-state index contributed by atoms with van der Waals surface area (Å²) in [5.41, 5.74) is 1.44. The molecule has 2 rings (SSSR count). The number of hydrogen-bond donors (Lipinski definition) is 0. The second-order valence-electron chi connectivity index (χ2n) is 4.97. The third-order valence-electron chi connectivity index (χ3n) is 3.50. The first-order valence-corrected chi connectivity index (χ1v) is 9.32. The Kier molecular flexibility index (Phi) is 6.13.